The van der Waals surface area contributed by atoms with Crippen LogP contribution in [0.15, 0.2) is 35.3 Å². The Balaban J connectivity index is 1.76. The number of fused-ring (bicyclic) bond motifs is 1. The van der Waals surface area contributed by atoms with Gasteiger partial charge in [0.15, 0.2) is 5.65 Å². The van der Waals surface area contributed by atoms with Gasteiger partial charge in [-0.2, -0.15) is 10.1 Å². The molecule has 0 unspecified atom stereocenters. The van der Waals surface area contributed by atoms with Crippen molar-refractivity contribution in [3.63, 3.8) is 0 Å². The Morgan fingerprint density at radius 1 is 1.32 bits per heavy atom. The highest BCUT2D eigenvalue weighted by atomic mass is 16.1. The van der Waals surface area contributed by atoms with Gasteiger partial charge in [-0.3, -0.25) is 14.5 Å². The second kappa shape index (κ2) is 5.91. The Bertz CT molecular complexity index is 973. The highest BCUT2D eigenvalue weighted by Gasteiger charge is 2.28. The summed E-state index contributed by atoms with van der Waals surface area (Å²) in [7, 11) is 5.89. The van der Waals surface area contributed by atoms with E-state index in [-0.39, 0.29) is 11.6 Å². The van der Waals surface area contributed by atoms with Crippen LogP contribution in [-0.4, -0.2) is 40.4 Å². The van der Waals surface area contributed by atoms with Crippen molar-refractivity contribution >= 4 is 22.7 Å². The first-order valence-corrected chi connectivity index (χ1v) is 8.50. The van der Waals surface area contributed by atoms with Crippen molar-refractivity contribution in [3.8, 4) is 0 Å². The average molecular weight is 338 g/mol. The zero-order valence-corrected chi connectivity index (χ0v) is 14.7. The Kier molecular flexibility index (Phi) is 3.71. The fraction of sp³-hybridized carbons (Fsp3) is 0.389. The van der Waals surface area contributed by atoms with Gasteiger partial charge in [0.1, 0.15) is 5.39 Å². The predicted octanol–water partition coefficient (Wildman–Crippen LogP) is 2.06. The molecule has 7 nitrogen and oxygen atoms in total. The standard InChI is InChI=1S/C18H22N6O/c1-22(2)13-7-4-6-12(10-13)15-8-5-9-24(15)18-20-16-14(17(25)21-18)11-19-23(16)3/h4,6-7,10-11,15H,5,8-9H2,1-3H3,(H,20,21,25)/t15-/m0/s1. The molecule has 1 aromatic carbocycles. The normalized spacial score (nSPS) is 17.4. The number of aromatic nitrogens is 4. The number of benzene rings is 1. The number of aromatic amines is 1. The monoisotopic (exact) mass is 338 g/mol. The Hall–Kier alpha value is -2.83. The third-order valence-electron chi connectivity index (χ3n) is 4.89. The number of H-pyrrole nitrogens is 1. The minimum absolute atomic E-state index is 0.138. The molecule has 2 aromatic heterocycles. The van der Waals surface area contributed by atoms with E-state index < -0.39 is 0 Å². The number of anilines is 2. The number of rotatable bonds is 3. The zero-order valence-electron chi connectivity index (χ0n) is 14.7. The highest BCUT2D eigenvalue weighted by Crippen LogP contribution is 2.35. The number of hydrogen-bond donors (Lipinski definition) is 1. The second-order valence-corrected chi connectivity index (χ2v) is 6.74. The molecule has 1 aliphatic heterocycles. The molecular formula is C18H22N6O. The minimum atomic E-state index is -0.138. The van der Waals surface area contributed by atoms with Gasteiger partial charge >= 0.3 is 0 Å². The van der Waals surface area contributed by atoms with E-state index in [9.17, 15) is 4.79 Å². The molecule has 3 heterocycles. The summed E-state index contributed by atoms with van der Waals surface area (Å²) < 4.78 is 1.64. The van der Waals surface area contributed by atoms with Crippen LogP contribution in [0.5, 0.6) is 0 Å². The molecule has 0 bridgehead atoms. The van der Waals surface area contributed by atoms with Crippen LogP contribution < -0.4 is 15.4 Å². The third-order valence-corrected chi connectivity index (χ3v) is 4.89. The summed E-state index contributed by atoms with van der Waals surface area (Å²) in [6, 6.07) is 8.76. The van der Waals surface area contributed by atoms with Gasteiger partial charge in [0, 0.05) is 33.4 Å². The van der Waals surface area contributed by atoms with E-state index in [1.54, 1.807) is 17.9 Å². The van der Waals surface area contributed by atoms with E-state index in [1.165, 1.54) is 11.3 Å². The van der Waals surface area contributed by atoms with Gasteiger partial charge < -0.3 is 9.80 Å². The van der Waals surface area contributed by atoms with Gasteiger partial charge in [-0.1, -0.05) is 12.1 Å². The molecule has 7 heteroatoms. The maximum Gasteiger partial charge on any atom is 0.263 e. The molecule has 0 spiro atoms. The van der Waals surface area contributed by atoms with Crippen molar-refractivity contribution in [1.82, 2.24) is 19.7 Å². The van der Waals surface area contributed by atoms with E-state index in [1.807, 2.05) is 14.1 Å². The molecule has 0 radical (unpaired) electrons. The molecule has 0 amide bonds. The summed E-state index contributed by atoms with van der Waals surface area (Å²) in [6.07, 6.45) is 3.68. The predicted molar refractivity (Wildman–Crippen MR) is 99.2 cm³/mol. The molecule has 130 valence electrons. The molecule has 1 fully saturated rings. The number of aryl methyl sites for hydroxylation is 1. The van der Waals surface area contributed by atoms with Crippen LogP contribution in [0, 0.1) is 0 Å². The summed E-state index contributed by atoms with van der Waals surface area (Å²) >= 11 is 0. The van der Waals surface area contributed by atoms with Crippen molar-refractivity contribution < 1.29 is 0 Å². The quantitative estimate of drug-likeness (QED) is 0.792. The molecule has 1 saturated heterocycles. The Labute approximate surface area is 145 Å². The van der Waals surface area contributed by atoms with Crippen LogP contribution in [0.3, 0.4) is 0 Å². The van der Waals surface area contributed by atoms with Gasteiger partial charge in [0.05, 0.1) is 12.2 Å². The first kappa shape index (κ1) is 15.7. The summed E-state index contributed by atoms with van der Waals surface area (Å²) in [5, 5.41) is 4.67. The van der Waals surface area contributed by atoms with Crippen LogP contribution in [0.4, 0.5) is 11.6 Å². The SMILES string of the molecule is CN(C)c1cccc([C@@H]2CCCN2c2nc3c(cnn3C)c(=O)[nH]2)c1. The topological polar surface area (TPSA) is 70.1 Å². The molecular weight excluding hydrogens is 316 g/mol. The van der Waals surface area contributed by atoms with E-state index in [0.29, 0.717) is 17.0 Å². The van der Waals surface area contributed by atoms with Crippen LogP contribution >= 0.6 is 0 Å². The summed E-state index contributed by atoms with van der Waals surface area (Å²) in [4.78, 5) is 24.3. The van der Waals surface area contributed by atoms with Gasteiger partial charge in [-0.05, 0) is 30.5 Å². The zero-order chi connectivity index (χ0) is 17.6. The maximum absolute atomic E-state index is 12.4. The molecule has 1 aliphatic rings. The molecule has 0 saturated carbocycles. The van der Waals surface area contributed by atoms with Gasteiger partial charge in [-0.15, -0.1) is 0 Å². The first-order chi connectivity index (χ1) is 12.0. The smallest absolute Gasteiger partial charge is 0.263 e. The summed E-state index contributed by atoms with van der Waals surface area (Å²) in [5.41, 5.74) is 2.90. The third kappa shape index (κ3) is 2.65. The van der Waals surface area contributed by atoms with E-state index >= 15 is 0 Å². The van der Waals surface area contributed by atoms with Crippen LogP contribution in [-0.2, 0) is 7.05 Å². The van der Waals surface area contributed by atoms with Crippen LogP contribution in [0.25, 0.3) is 11.0 Å². The second-order valence-electron chi connectivity index (χ2n) is 6.74. The molecule has 1 N–H and O–H groups in total. The Morgan fingerprint density at radius 2 is 2.16 bits per heavy atom. The first-order valence-electron chi connectivity index (χ1n) is 8.50. The summed E-state index contributed by atoms with van der Waals surface area (Å²) in [6.45, 7) is 0.878. The molecule has 1 atom stereocenters. The van der Waals surface area contributed by atoms with Gasteiger partial charge in [-0.25, -0.2) is 0 Å². The van der Waals surface area contributed by atoms with Gasteiger partial charge in [0.2, 0.25) is 5.95 Å². The minimum Gasteiger partial charge on any atom is -0.378 e. The van der Waals surface area contributed by atoms with Crippen LogP contribution in [0.2, 0.25) is 0 Å². The van der Waals surface area contributed by atoms with Crippen molar-refractivity contribution in [2.75, 3.05) is 30.4 Å². The average Bonchev–Trinajstić information content (AvgIpc) is 3.22. The van der Waals surface area contributed by atoms with E-state index in [4.69, 9.17) is 0 Å². The lowest BCUT2D eigenvalue weighted by Gasteiger charge is -2.26. The largest absolute Gasteiger partial charge is 0.378 e. The molecule has 0 aliphatic carbocycles. The fourth-order valence-corrected chi connectivity index (χ4v) is 3.53. The Morgan fingerprint density at radius 3 is 2.96 bits per heavy atom. The van der Waals surface area contributed by atoms with Crippen molar-refractivity contribution in [2.45, 2.75) is 18.9 Å². The lowest BCUT2D eigenvalue weighted by Crippen LogP contribution is -2.27. The van der Waals surface area contributed by atoms with Crippen LogP contribution in [0.1, 0.15) is 24.4 Å². The fourth-order valence-electron chi connectivity index (χ4n) is 3.53. The van der Waals surface area contributed by atoms with E-state index in [2.05, 4.69) is 49.1 Å². The van der Waals surface area contributed by atoms with Crippen molar-refractivity contribution in [3.05, 3.63) is 46.4 Å². The van der Waals surface area contributed by atoms with Crippen molar-refractivity contribution in [2.24, 2.45) is 7.05 Å². The van der Waals surface area contributed by atoms with Gasteiger partial charge in [0.25, 0.3) is 5.56 Å². The molecule has 25 heavy (non-hydrogen) atoms. The highest BCUT2D eigenvalue weighted by molar-refractivity contribution is 5.74. The molecule has 3 aromatic rings. The lowest BCUT2D eigenvalue weighted by molar-refractivity contribution is 0.699. The number of nitrogens with zero attached hydrogens (tertiary/aromatic N) is 5. The number of nitrogens with one attached hydrogen (secondary N) is 1. The molecule has 4 rings (SSSR count). The maximum atomic E-state index is 12.4. The van der Waals surface area contributed by atoms with Crippen molar-refractivity contribution in [1.29, 1.82) is 0 Å². The number of hydrogen-bond acceptors (Lipinski definition) is 5. The lowest BCUT2D eigenvalue weighted by atomic mass is 10.0. The van der Waals surface area contributed by atoms with E-state index in [0.717, 1.165) is 19.4 Å². The summed E-state index contributed by atoms with van der Waals surface area (Å²) in [5.74, 6) is 0.624.